The molecular formula is C18H19ClN2O5. The van der Waals surface area contributed by atoms with Gasteiger partial charge < -0.3 is 14.9 Å². The van der Waals surface area contributed by atoms with Gasteiger partial charge in [0.15, 0.2) is 5.78 Å². The first kappa shape index (κ1) is 18.4. The normalized spacial score (nSPS) is 24.8. The number of esters is 1. The van der Waals surface area contributed by atoms with Gasteiger partial charge in [0.2, 0.25) is 0 Å². The van der Waals surface area contributed by atoms with Crippen molar-refractivity contribution >= 4 is 35.0 Å². The molecule has 0 radical (unpaired) electrons. The molecule has 1 unspecified atom stereocenters. The van der Waals surface area contributed by atoms with Crippen LogP contribution in [0.4, 0.5) is 0 Å². The van der Waals surface area contributed by atoms with Crippen molar-refractivity contribution in [3.63, 3.8) is 0 Å². The van der Waals surface area contributed by atoms with Gasteiger partial charge in [-0.1, -0.05) is 28.9 Å². The van der Waals surface area contributed by atoms with E-state index in [0.717, 1.165) is 5.56 Å². The molecule has 0 aromatic heterocycles. The van der Waals surface area contributed by atoms with E-state index in [2.05, 4.69) is 10.5 Å². The maximum Gasteiger partial charge on any atom is 0.305 e. The van der Waals surface area contributed by atoms with Crippen LogP contribution < -0.4 is 5.32 Å². The molecule has 1 fully saturated rings. The van der Waals surface area contributed by atoms with E-state index in [1.54, 1.807) is 24.3 Å². The summed E-state index contributed by atoms with van der Waals surface area (Å²) in [5.41, 5.74) is -0.434. The van der Waals surface area contributed by atoms with Crippen LogP contribution in [-0.2, 0) is 24.0 Å². The minimum Gasteiger partial charge on any atom is -0.466 e. The average molecular weight is 379 g/mol. The molecular weight excluding hydrogens is 360 g/mol. The highest BCUT2D eigenvalue weighted by atomic mass is 35.5. The molecule has 7 nitrogen and oxygen atoms in total. The Labute approximate surface area is 155 Å². The van der Waals surface area contributed by atoms with Gasteiger partial charge in [0, 0.05) is 24.4 Å². The number of ketones is 1. The summed E-state index contributed by atoms with van der Waals surface area (Å²) in [6, 6.07) is 6.94. The van der Waals surface area contributed by atoms with Gasteiger partial charge in [-0.3, -0.25) is 14.4 Å². The third-order valence-electron chi connectivity index (χ3n) is 4.38. The topological polar surface area (TPSA) is 94.1 Å². The third kappa shape index (κ3) is 3.88. The van der Waals surface area contributed by atoms with Gasteiger partial charge in [-0.25, -0.2) is 0 Å². The van der Waals surface area contributed by atoms with E-state index >= 15 is 0 Å². The number of hydrogen-bond donors (Lipinski definition) is 1. The highest BCUT2D eigenvalue weighted by Crippen LogP contribution is 2.30. The van der Waals surface area contributed by atoms with Crippen molar-refractivity contribution in [2.75, 3.05) is 13.2 Å². The summed E-state index contributed by atoms with van der Waals surface area (Å²) in [7, 11) is 0. The highest BCUT2D eigenvalue weighted by molar-refractivity contribution is 6.30. The molecule has 0 aliphatic carbocycles. The maximum absolute atomic E-state index is 12.8. The predicted molar refractivity (Wildman–Crippen MR) is 93.9 cm³/mol. The van der Waals surface area contributed by atoms with E-state index in [9.17, 15) is 14.4 Å². The molecule has 1 aromatic rings. The summed E-state index contributed by atoms with van der Waals surface area (Å²) in [5, 5.41) is 7.26. The Morgan fingerprint density at radius 1 is 1.08 bits per heavy atom. The summed E-state index contributed by atoms with van der Waals surface area (Å²) < 4.78 is 5.02. The predicted octanol–water partition coefficient (Wildman–Crippen LogP) is 2.01. The number of halogens is 1. The molecule has 2 aliphatic rings. The van der Waals surface area contributed by atoms with Gasteiger partial charge >= 0.3 is 5.97 Å². The van der Waals surface area contributed by atoms with Crippen LogP contribution in [0.1, 0.15) is 37.7 Å². The number of Topliss-reactive ketones (excluding diaryl/α,β-unsaturated/α-hetero) is 1. The summed E-state index contributed by atoms with van der Waals surface area (Å²) in [4.78, 5) is 42.4. The average Bonchev–Trinajstić information content (AvgIpc) is 3.08. The van der Waals surface area contributed by atoms with Crippen molar-refractivity contribution in [2.24, 2.45) is 5.16 Å². The minimum absolute atomic E-state index is 0.0337. The van der Waals surface area contributed by atoms with E-state index in [-0.39, 0.29) is 38.4 Å². The van der Waals surface area contributed by atoms with E-state index < -0.39 is 17.3 Å². The van der Waals surface area contributed by atoms with E-state index in [0.29, 0.717) is 23.6 Å². The van der Waals surface area contributed by atoms with E-state index in [1.165, 1.54) is 0 Å². The number of amides is 1. The molecule has 1 saturated heterocycles. The summed E-state index contributed by atoms with van der Waals surface area (Å²) in [5.74, 6) is -1.25. The minimum atomic E-state index is -1.68. The molecule has 8 heteroatoms. The monoisotopic (exact) mass is 378 g/mol. The van der Waals surface area contributed by atoms with Crippen molar-refractivity contribution in [1.82, 2.24) is 5.32 Å². The number of cyclic esters (lactones) is 1. The number of ether oxygens (including phenoxy) is 1. The first-order valence-electron chi connectivity index (χ1n) is 8.49. The largest absolute Gasteiger partial charge is 0.466 e. The first-order chi connectivity index (χ1) is 12.5. The number of hydrogen-bond acceptors (Lipinski definition) is 6. The van der Waals surface area contributed by atoms with Crippen molar-refractivity contribution < 1.29 is 24.0 Å². The number of nitrogens with one attached hydrogen (secondary N) is 1. The summed E-state index contributed by atoms with van der Waals surface area (Å²) in [6.45, 7) is 0.508. The third-order valence-corrected chi connectivity index (χ3v) is 4.63. The van der Waals surface area contributed by atoms with Gasteiger partial charge in [-0.15, -0.1) is 0 Å². The van der Waals surface area contributed by atoms with Gasteiger partial charge in [-0.05, 0) is 30.5 Å². The van der Waals surface area contributed by atoms with Crippen LogP contribution in [0, 0.1) is 0 Å². The maximum atomic E-state index is 12.8. The molecule has 1 amide bonds. The van der Waals surface area contributed by atoms with Gasteiger partial charge in [-0.2, -0.15) is 0 Å². The molecule has 138 valence electrons. The van der Waals surface area contributed by atoms with Crippen LogP contribution in [0.15, 0.2) is 29.4 Å². The lowest BCUT2D eigenvalue weighted by Crippen LogP contribution is -2.53. The number of nitrogens with zero attached hydrogens (tertiary/aromatic N) is 1. The molecule has 1 atom stereocenters. The first-order valence-corrected chi connectivity index (χ1v) is 8.87. The van der Waals surface area contributed by atoms with Crippen LogP contribution in [-0.4, -0.2) is 42.1 Å². The SMILES string of the molecule is O=C1CCCC(=O)C2(CC(c3ccc(Cl)cc3)=NO2)C(=O)NCCCO1. The zero-order valence-electron chi connectivity index (χ0n) is 14.1. The van der Waals surface area contributed by atoms with Crippen molar-refractivity contribution in [2.45, 2.75) is 37.7 Å². The Morgan fingerprint density at radius 3 is 2.62 bits per heavy atom. The molecule has 0 saturated carbocycles. The molecule has 1 spiro atoms. The van der Waals surface area contributed by atoms with E-state index in [1.807, 2.05) is 0 Å². The second kappa shape index (κ2) is 7.86. The Bertz CT molecular complexity index is 746. The Morgan fingerprint density at radius 2 is 1.85 bits per heavy atom. The molecule has 2 aliphatic heterocycles. The fourth-order valence-corrected chi connectivity index (χ4v) is 3.02. The van der Waals surface area contributed by atoms with Gasteiger partial charge in [0.25, 0.3) is 11.5 Å². The highest BCUT2D eigenvalue weighted by Gasteiger charge is 2.52. The molecule has 1 aromatic carbocycles. The standard InChI is InChI=1S/C18H19ClN2O5/c19-13-7-5-12(6-8-13)14-11-18(26-21-14)15(22)3-1-4-16(23)25-10-2-9-20-17(18)24/h5-8H,1-4,9-11H2,(H,20,24). The second-order valence-electron chi connectivity index (χ2n) is 6.25. The Balaban J connectivity index is 1.79. The number of carbonyl (C=O) groups excluding carboxylic acids is 3. The smallest absolute Gasteiger partial charge is 0.305 e. The molecule has 26 heavy (non-hydrogen) atoms. The van der Waals surface area contributed by atoms with Crippen molar-refractivity contribution in [3.05, 3.63) is 34.9 Å². The fraction of sp³-hybridized carbons (Fsp3) is 0.444. The molecule has 1 N–H and O–H groups in total. The number of benzene rings is 1. The lowest BCUT2D eigenvalue weighted by molar-refractivity contribution is -0.156. The zero-order valence-corrected chi connectivity index (χ0v) is 14.9. The van der Waals surface area contributed by atoms with Crippen LogP contribution in [0.2, 0.25) is 5.02 Å². The van der Waals surface area contributed by atoms with Crippen molar-refractivity contribution in [3.8, 4) is 0 Å². The van der Waals surface area contributed by atoms with Crippen LogP contribution in [0.25, 0.3) is 0 Å². The van der Waals surface area contributed by atoms with Crippen LogP contribution in [0.5, 0.6) is 0 Å². The van der Waals surface area contributed by atoms with Gasteiger partial charge in [0.05, 0.1) is 18.7 Å². The molecule has 2 heterocycles. The lowest BCUT2D eigenvalue weighted by Gasteiger charge is -2.24. The van der Waals surface area contributed by atoms with E-state index in [4.69, 9.17) is 21.2 Å². The van der Waals surface area contributed by atoms with Crippen LogP contribution in [0.3, 0.4) is 0 Å². The van der Waals surface area contributed by atoms with Crippen LogP contribution >= 0.6 is 11.6 Å². The Kier molecular flexibility index (Phi) is 5.56. The van der Waals surface area contributed by atoms with Crippen molar-refractivity contribution in [1.29, 1.82) is 0 Å². The molecule has 0 bridgehead atoms. The Hall–Kier alpha value is -2.41. The summed E-state index contributed by atoms with van der Waals surface area (Å²) >= 11 is 5.89. The number of carbonyl (C=O) groups is 3. The summed E-state index contributed by atoms with van der Waals surface area (Å²) in [6.07, 6.45) is 0.975. The number of rotatable bonds is 1. The van der Waals surface area contributed by atoms with Gasteiger partial charge in [0.1, 0.15) is 0 Å². The molecule has 3 rings (SSSR count). The second-order valence-corrected chi connectivity index (χ2v) is 6.68. The fourth-order valence-electron chi connectivity index (χ4n) is 2.90. The lowest BCUT2D eigenvalue weighted by atomic mass is 9.87. The quantitative estimate of drug-likeness (QED) is 0.596. The zero-order chi connectivity index (χ0) is 18.6. The number of oxime groups is 1.